The van der Waals surface area contributed by atoms with E-state index in [0.29, 0.717) is 17.2 Å². The molecule has 1 aliphatic carbocycles. The van der Waals surface area contributed by atoms with E-state index in [2.05, 4.69) is 5.32 Å². The van der Waals surface area contributed by atoms with Gasteiger partial charge in [0, 0.05) is 22.7 Å². The molecule has 0 spiro atoms. The Morgan fingerprint density at radius 2 is 1.80 bits per heavy atom. The van der Waals surface area contributed by atoms with Crippen molar-refractivity contribution in [3.8, 4) is 11.5 Å². The van der Waals surface area contributed by atoms with Gasteiger partial charge < -0.3 is 14.8 Å². The van der Waals surface area contributed by atoms with Crippen LogP contribution in [0.2, 0.25) is 0 Å². The van der Waals surface area contributed by atoms with Crippen LogP contribution in [0.1, 0.15) is 54.1 Å². The van der Waals surface area contributed by atoms with E-state index >= 15 is 0 Å². The number of aryl methyl sites for hydroxylation is 1. The minimum Gasteiger partial charge on any atom is -0.454 e. The van der Waals surface area contributed by atoms with Gasteiger partial charge in [-0.05, 0) is 48.9 Å². The van der Waals surface area contributed by atoms with Gasteiger partial charge in [-0.25, -0.2) is 0 Å². The molecule has 2 aromatic carbocycles. The summed E-state index contributed by atoms with van der Waals surface area (Å²) in [6.45, 7) is 2.16. The van der Waals surface area contributed by atoms with E-state index in [1.165, 1.54) is 17.8 Å². The molecule has 0 bridgehead atoms. The van der Waals surface area contributed by atoms with Gasteiger partial charge in [-0.3, -0.25) is 14.5 Å². The normalized spacial score (nSPS) is 16.0. The summed E-state index contributed by atoms with van der Waals surface area (Å²) >= 11 is 1.54. The fraction of sp³-hybridized carbons (Fsp3) is 0.357. The number of fused-ring (bicyclic) bond motifs is 1. The van der Waals surface area contributed by atoms with Gasteiger partial charge in [0.25, 0.3) is 0 Å². The van der Waals surface area contributed by atoms with E-state index in [4.69, 9.17) is 9.47 Å². The Labute approximate surface area is 209 Å². The SMILES string of the molecule is Cc1ccc([C@H](C(=O)NC2CCCCC2)N(C(=O)Cc2cccs2)c2ccc3c(c2)OCO3)cc1. The van der Waals surface area contributed by atoms with Crippen LogP contribution in [0.15, 0.2) is 60.0 Å². The number of nitrogens with zero attached hydrogens (tertiary/aromatic N) is 1. The van der Waals surface area contributed by atoms with E-state index in [9.17, 15) is 9.59 Å². The van der Waals surface area contributed by atoms with E-state index in [-0.39, 0.29) is 31.1 Å². The quantitative estimate of drug-likeness (QED) is 0.471. The van der Waals surface area contributed by atoms with Crippen LogP contribution in [0.3, 0.4) is 0 Å². The molecule has 0 unspecified atom stereocenters. The number of nitrogens with one attached hydrogen (secondary N) is 1. The summed E-state index contributed by atoms with van der Waals surface area (Å²) < 4.78 is 11.1. The van der Waals surface area contributed by atoms with Crippen LogP contribution in [-0.2, 0) is 16.0 Å². The van der Waals surface area contributed by atoms with Gasteiger partial charge in [0.05, 0.1) is 6.42 Å². The zero-order chi connectivity index (χ0) is 24.2. The van der Waals surface area contributed by atoms with Gasteiger partial charge in [-0.1, -0.05) is 55.2 Å². The predicted molar refractivity (Wildman–Crippen MR) is 137 cm³/mol. The first-order valence-corrected chi connectivity index (χ1v) is 13.1. The third-order valence-electron chi connectivity index (χ3n) is 6.66. The molecule has 1 fully saturated rings. The van der Waals surface area contributed by atoms with Gasteiger partial charge >= 0.3 is 0 Å². The molecule has 1 aliphatic heterocycles. The first kappa shape index (κ1) is 23.4. The summed E-state index contributed by atoms with van der Waals surface area (Å²) in [5.41, 5.74) is 2.49. The summed E-state index contributed by atoms with van der Waals surface area (Å²) in [4.78, 5) is 30.3. The number of hydrogen-bond donors (Lipinski definition) is 1. The van der Waals surface area contributed by atoms with Crippen LogP contribution >= 0.6 is 11.3 Å². The van der Waals surface area contributed by atoms with E-state index in [0.717, 1.165) is 41.7 Å². The molecule has 2 aliphatic rings. The Morgan fingerprint density at radius 3 is 2.54 bits per heavy atom. The van der Waals surface area contributed by atoms with Crippen molar-refractivity contribution in [1.82, 2.24) is 5.32 Å². The lowest BCUT2D eigenvalue weighted by Gasteiger charge is -2.33. The van der Waals surface area contributed by atoms with Crippen LogP contribution in [0.4, 0.5) is 5.69 Å². The molecule has 0 radical (unpaired) electrons. The largest absolute Gasteiger partial charge is 0.454 e. The molecule has 35 heavy (non-hydrogen) atoms. The summed E-state index contributed by atoms with van der Waals surface area (Å²) in [6.07, 6.45) is 5.59. The second kappa shape index (κ2) is 10.5. The molecule has 1 saturated carbocycles. The highest BCUT2D eigenvalue weighted by atomic mass is 32.1. The van der Waals surface area contributed by atoms with Crippen LogP contribution in [0.5, 0.6) is 11.5 Å². The average molecular weight is 491 g/mol. The molecule has 1 aromatic heterocycles. The molecule has 7 heteroatoms. The number of ether oxygens (including phenoxy) is 2. The highest BCUT2D eigenvalue weighted by Gasteiger charge is 2.35. The van der Waals surface area contributed by atoms with Crippen molar-refractivity contribution in [2.24, 2.45) is 0 Å². The van der Waals surface area contributed by atoms with Crippen molar-refractivity contribution < 1.29 is 19.1 Å². The molecular weight excluding hydrogens is 460 g/mol. The number of carbonyl (C=O) groups is 2. The maximum Gasteiger partial charge on any atom is 0.248 e. The van der Waals surface area contributed by atoms with E-state index in [1.807, 2.05) is 54.8 Å². The second-order valence-electron chi connectivity index (χ2n) is 9.21. The standard InChI is InChI=1S/C28H30N2O4S/c1-19-9-11-20(12-10-19)27(28(32)29-21-6-3-2-4-7-21)30(26(31)17-23-8-5-15-35-23)22-13-14-24-25(16-22)34-18-33-24/h5,8-16,21,27H,2-4,6-7,17-18H2,1H3,(H,29,32)/t27-/m1/s1. The summed E-state index contributed by atoms with van der Waals surface area (Å²) in [6, 6.07) is 16.5. The Hall–Kier alpha value is -3.32. The zero-order valence-electron chi connectivity index (χ0n) is 19.9. The number of anilines is 1. The van der Waals surface area contributed by atoms with Crippen molar-refractivity contribution in [3.63, 3.8) is 0 Å². The average Bonchev–Trinajstić information content (AvgIpc) is 3.55. The lowest BCUT2D eigenvalue weighted by Crippen LogP contribution is -2.47. The molecule has 5 rings (SSSR count). The maximum atomic E-state index is 13.9. The molecule has 182 valence electrons. The van der Waals surface area contributed by atoms with Gasteiger partial charge in [0.15, 0.2) is 11.5 Å². The smallest absolute Gasteiger partial charge is 0.248 e. The highest BCUT2D eigenvalue weighted by Crippen LogP contribution is 2.38. The molecule has 2 amide bonds. The minimum atomic E-state index is -0.801. The molecule has 3 aromatic rings. The number of thiophene rings is 1. The van der Waals surface area contributed by atoms with E-state index < -0.39 is 6.04 Å². The van der Waals surface area contributed by atoms with Crippen molar-refractivity contribution in [2.45, 2.75) is 57.5 Å². The third-order valence-corrected chi connectivity index (χ3v) is 7.54. The van der Waals surface area contributed by atoms with Crippen LogP contribution in [0, 0.1) is 6.92 Å². The minimum absolute atomic E-state index is 0.134. The summed E-state index contributed by atoms with van der Waals surface area (Å²) in [5, 5.41) is 5.22. The topological polar surface area (TPSA) is 67.9 Å². The maximum absolute atomic E-state index is 13.9. The van der Waals surface area contributed by atoms with Crippen LogP contribution in [0.25, 0.3) is 0 Å². The fourth-order valence-corrected chi connectivity index (χ4v) is 5.51. The number of amides is 2. The Bertz CT molecular complexity index is 1170. The molecular formula is C28H30N2O4S. The number of rotatable bonds is 7. The first-order chi connectivity index (χ1) is 17.1. The fourth-order valence-electron chi connectivity index (χ4n) is 4.81. The number of benzene rings is 2. The Kier molecular flexibility index (Phi) is 7.04. The monoisotopic (exact) mass is 490 g/mol. The molecule has 0 saturated heterocycles. The molecule has 2 heterocycles. The summed E-state index contributed by atoms with van der Waals surface area (Å²) in [7, 11) is 0. The van der Waals surface area contributed by atoms with Gasteiger partial charge in [-0.2, -0.15) is 0 Å². The van der Waals surface area contributed by atoms with Gasteiger partial charge in [-0.15, -0.1) is 11.3 Å². The predicted octanol–water partition coefficient (Wildman–Crippen LogP) is 5.55. The molecule has 6 nitrogen and oxygen atoms in total. The van der Waals surface area contributed by atoms with Gasteiger partial charge in [0.2, 0.25) is 18.6 Å². The van der Waals surface area contributed by atoms with E-state index in [1.54, 1.807) is 17.0 Å². The Balaban J connectivity index is 1.55. The summed E-state index contributed by atoms with van der Waals surface area (Å²) in [5.74, 6) is 0.915. The molecule has 1 N–H and O–H groups in total. The number of carbonyl (C=O) groups excluding carboxylic acids is 2. The zero-order valence-corrected chi connectivity index (χ0v) is 20.7. The lowest BCUT2D eigenvalue weighted by atomic mass is 9.94. The van der Waals surface area contributed by atoms with Crippen molar-refractivity contribution in [3.05, 3.63) is 76.0 Å². The van der Waals surface area contributed by atoms with Crippen molar-refractivity contribution in [1.29, 1.82) is 0 Å². The van der Waals surface area contributed by atoms with Gasteiger partial charge in [0.1, 0.15) is 6.04 Å². The van der Waals surface area contributed by atoms with Crippen LogP contribution < -0.4 is 19.7 Å². The second-order valence-corrected chi connectivity index (χ2v) is 10.2. The van der Waals surface area contributed by atoms with Crippen molar-refractivity contribution >= 4 is 28.8 Å². The lowest BCUT2D eigenvalue weighted by molar-refractivity contribution is -0.127. The Morgan fingerprint density at radius 1 is 1.03 bits per heavy atom. The number of hydrogen-bond acceptors (Lipinski definition) is 5. The van der Waals surface area contributed by atoms with Crippen molar-refractivity contribution in [2.75, 3.05) is 11.7 Å². The highest BCUT2D eigenvalue weighted by molar-refractivity contribution is 7.10. The molecule has 1 atom stereocenters. The third kappa shape index (κ3) is 5.35. The first-order valence-electron chi connectivity index (χ1n) is 12.2. The van der Waals surface area contributed by atoms with Crippen LogP contribution in [-0.4, -0.2) is 24.6 Å².